The number of anilines is 1. The Morgan fingerprint density at radius 3 is 2.56 bits per heavy atom. The van der Waals surface area contributed by atoms with Crippen molar-refractivity contribution in [1.82, 2.24) is 9.55 Å². The maximum absolute atomic E-state index is 10.9. The summed E-state index contributed by atoms with van der Waals surface area (Å²) < 4.78 is 7.46. The number of ether oxygens (including phenoxy) is 1. The van der Waals surface area contributed by atoms with Gasteiger partial charge in [-0.3, -0.25) is 4.57 Å². The highest BCUT2D eigenvalue weighted by Gasteiger charge is 2.19. The van der Waals surface area contributed by atoms with Gasteiger partial charge in [-0.2, -0.15) is 0 Å². The van der Waals surface area contributed by atoms with E-state index < -0.39 is 0 Å². The zero-order valence-electron chi connectivity index (χ0n) is 15.1. The highest BCUT2D eigenvalue weighted by molar-refractivity contribution is 5.81. The molecule has 1 saturated heterocycles. The first-order chi connectivity index (χ1) is 13.3. The largest absolute Gasteiger partial charge is 0.491 e. The number of imidazole rings is 1. The van der Waals surface area contributed by atoms with Gasteiger partial charge in [0.25, 0.3) is 0 Å². The van der Waals surface area contributed by atoms with Crippen molar-refractivity contribution in [2.45, 2.75) is 12.8 Å². The van der Waals surface area contributed by atoms with Crippen molar-refractivity contribution in [2.75, 3.05) is 31.2 Å². The van der Waals surface area contributed by atoms with E-state index >= 15 is 0 Å². The third-order valence-electron chi connectivity index (χ3n) is 5.10. The molecule has 0 spiro atoms. The van der Waals surface area contributed by atoms with Crippen molar-refractivity contribution in [3.05, 3.63) is 48.8 Å². The Morgan fingerprint density at radius 2 is 1.85 bits per heavy atom. The zero-order valence-corrected chi connectivity index (χ0v) is 15.1. The van der Waals surface area contributed by atoms with Crippen LogP contribution in [0.2, 0.25) is 0 Å². The van der Waals surface area contributed by atoms with Gasteiger partial charge in [-0.15, -0.1) is 0 Å². The van der Waals surface area contributed by atoms with Crippen LogP contribution in [0.25, 0.3) is 16.7 Å². The van der Waals surface area contributed by atoms with Crippen molar-refractivity contribution in [3.63, 3.8) is 0 Å². The molecule has 6 nitrogen and oxygen atoms in total. The molecule has 2 heterocycles. The predicted octanol–water partition coefficient (Wildman–Crippen LogP) is 2.81. The van der Waals surface area contributed by atoms with Gasteiger partial charge in [0.1, 0.15) is 25.0 Å². The molecule has 0 saturated carbocycles. The maximum atomic E-state index is 10.9. The number of benzene rings is 2. The molecule has 1 aliphatic heterocycles. The Balaban J connectivity index is 1.55. The van der Waals surface area contributed by atoms with Crippen LogP contribution in [-0.2, 0) is 4.79 Å². The van der Waals surface area contributed by atoms with Crippen LogP contribution in [0, 0.1) is 5.92 Å². The maximum Gasteiger partial charge on any atom is 0.123 e. The van der Waals surface area contributed by atoms with Crippen molar-refractivity contribution < 1.29 is 14.6 Å². The van der Waals surface area contributed by atoms with E-state index in [4.69, 9.17) is 9.84 Å². The van der Waals surface area contributed by atoms with Gasteiger partial charge in [-0.25, -0.2) is 4.98 Å². The first-order valence-electron chi connectivity index (χ1n) is 9.30. The third kappa shape index (κ3) is 3.66. The fourth-order valence-electron chi connectivity index (χ4n) is 3.56. The molecule has 1 N–H and O–H groups in total. The summed E-state index contributed by atoms with van der Waals surface area (Å²) in [6, 6.07) is 14.1. The minimum atomic E-state index is 0.00304. The molecule has 1 aromatic heterocycles. The monoisotopic (exact) mass is 365 g/mol. The van der Waals surface area contributed by atoms with E-state index in [0.717, 1.165) is 60.4 Å². The number of aliphatic hydroxyl groups is 1. The van der Waals surface area contributed by atoms with Crippen molar-refractivity contribution in [3.8, 4) is 11.4 Å². The van der Waals surface area contributed by atoms with Crippen molar-refractivity contribution in [1.29, 1.82) is 0 Å². The fraction of sp³-hybridized carbons (Fsp3) is 0.333. The Morgan fingerprint density at radius 1 is 1.11 bits per heavy atom. The lowest BCUT2D eigenvalue weighted by atomic mass is 9.98. The number of fused-ring (bicyclic) bond motifs is 1. The smallest absolute Gasteiger partial charge is 0.123 e. The summed E-state index contributed by atoms with van der Waals surface area (Å²) in [6.45, 7) is 2.11. The van der Waals surface area contributed by atoms with Crippen LogP contribution < -0.4 is 9.64 Å². The number of carbonyl (C=O) groups is 1. The van der Waals surface area contributed by atoms with Crippen LogP contribution in [-0.4, -0.2) is 47.2 Å². The summed E-state index contributed by atoms with van der Waals surface area (Å²) in [5, 5.41) is 8.84. The van der Waals surface area contributed by atoms with Gasteiger partial charge in [-0.05, 0) is 55.3 Å². The lowest BCUT2D eigenvalue weighted by Crippen LogP contribution is -2.34. The van der Waals surface area contributed by atoms with Crippen LogP contribution in [0.15, 0.2) is 48.8 Å². The standard InChI is InChI=1S/C21H23N3O3/c25-11-12-27-19-4-1-17(2-5-19)24-15-22-20-13-18(3-6-21(20)24)23-9-7-16(14-26)8-10-23/h1-6,13-16,25H,7-12H2. The Bertz CT molecular complexity index is 912. The molecule has 3 aromatic rings. The van der Waals surface area contributed by atoms with Gasteiger partial charge < -0.3 is 19.5 Å². The van der Waals surface area contributed by atoms with E-state index in [9.17, 15) is 4.79 Å². The summed E-state index contributed by atoms with van der Waals surface area (Å²) in [6.07, 6.45) is 4.75. The van der Waals surface area contributed by atoms with Crippen LogP contribution >= 0.6 is 0 Å². The second-order valence-electron chi connectivity index (χ2n) is 6.81. The van der Waals surface area contributed by atoms with Crippen LogP contribution in [0.1, 0.15) is 12.8 Å². The molecule has 27 heavy (non-hydrogen) atoms. The number of aromatic nitrogens is 2. The van der Waals surface area contributed by atoms with E-state index in [1.165, 1.54) is 0 Å². The summed E-state index contributed by atoms with van der Waals surface area (Å²) in [5.74, 6) is 0.937. The molecular weight excluding hydrogens is 342 g/mol. The number of aliphatic hydroxyl groups excluding tert-OH is 1. The highest BCUT2D eigenvalue weighted by Crippen LogP contribution is 2.27. The van der Waals surface area contributed by atoms with Crippen LogP contribution in [0.4, 0.5) is 5.69 Å². The predicted molar refractivity (Wildman–Crippen MR) is 105 cm³/mol. The lowest BCUT2D eigenvalue weighted by Gasteiger charge is -2.31. The molecule has 0 unspecified atom stereocenters. The molecule has 0 atom stereocenters. The molecular formula is C21H23N3O3. The molecule has 0 aliphatic carbocycles. The van der Waals surface area contributed by atoms with Crippen LogP contribution in [0.5, 0.6) is 5.75 Å². The van der Waals surface area contributed by atoms with Gasteiger partial charge in [0, 0.05) is 30.4 Å². The number of nitrogens with zero attached hydrogens (tertiary/aromatic N) is 3. The number of aldehydes is 1. The van der Waals surface area contributed by atoms with E-state index in [1.54, 1.807) is 0 Å². The zero-order chi connectivity index (χ0) is 18.6. The van der Waals surface area contributed by atoms with Gasteiger partial charge in [0.15, 0.2) is 0 Å². The number of carbonyl (C=O) groups excluding carboxylic acids is 1. The van der Waals surface area contributed by atoms with Gasteiger partial charge in [0.2, 0.25) is 0 Å². The molecule has 0 amide bonds. The Kier molecular flexibility index (Phi) is 5.07. The second kappa shape index (κ2) is 7.80. The fourth-order valence-corrected chi connectivity index (χ4v) is 3.56. The van der Waals surface area contributed by atoms with Crippen molar-refractivity contribution >= 4 is 23.0 Å². The van der Waals surface area contributed by atoms with Gasteiger partial charge >= 0.3 is 0 Å². The van der Waals surface area contributed by atoms with E-state index in [1.807, 2.05) is 35.2 Å². The third-order valence-corrected chi connectivity index (χ3v) is 5.10. The summed E-state index contributed by atoms with van der Waals surface area (Å²) >= 11 is 0. The van der Waals surface area contributed by atoms with E-state index in [0.29, 0.717) is 6.61 Å². The topological polar surface area (TPSA) is 67.6 Å². The van der Waals surface area contributed by atoms with Gasteiger partial charge in [0.05, 0.1) is 17.6 Å². The SMILES string of the molecule is O=CC1CCN(c2ccc3c(c2)ncn3-c2ccc(OCCO)cc2)CC1. The number of rotatable bonds is 6. The average molecular weight is 365 g/mol. The quantitative estimate of drug-likeness (QED) is 0.681. The highest BCUT2D eigenvalue weighted by atomic mass is 16.5. The minimum Gasteiger partial charge on any atom is -0.491 e. The molecule has 0 radical (unpaired) electrons. The molecule has 140 valence electrons. The molecule has 2 aromatic carbocycles. The van der Waals surface area contributed by atoms with E-state index in [2.05, 4.69) is 28.1 Å². The lowest BCUT2D eigenvalue weighted by molar-refractivity contribution is -0.111. The molecule has 1 aliphatic rings. The number of hydrogen-bond acceptors (Lipinski definition) is 5. The number of piperidine rings is 1. The first-order valence-corrected chi connectivity index (χ1v) is 9.30. The average Bonchev–Trinajstić information content (AvgIpc) is 3.16. The summed E-state index contributed by atoms with van der Waals surface area (Å²) in [7, 11) is 0. The second-order valence-corrected chi connectivity index (χ2v) is 6.81. The Labute approximate surface area is 158 Å². The van der Waals surface area contributed by atoms with Gasteiger partial charge in [-0.1, -0.05) is 0 Å². The molecule has 6 heteroatoms. The molecule has 4 rings (SSSR count). The Hall–Kier alpha value is -2.86. The van der Waals surface area contributed by atoms with Crippen LogP contribution in [0.3, 0.4) is 0 Å². The molecule has 1 fully saturated rings. The molecule has 0 bridgehead atoms. The summed E-state index contributed by atoms with van der Waals surface area (Å²) in [4.78, 5) is 17.8. The normalized spacial score (nSPS) is 15.2. The minimum absolute atomic E-state index is 0.00304. The first kappa shape index (κ1) is 17.5. The van der Waals surface area contributed by atoms with E-state index in [-0.39, 0.29) is 12.5 Å². The van der Waals surface area contributed by atoms with Crippen molar-refractivity contribution in [2.24, 2.45) is 5.92 Å². The summed E-state index contributed by atoms with van der Waals surface area (Å²) in [5.41, 5.74) is 4.16. The number of hydrogen-bond donors (Lipinski definition) is 1.